The van der Waals surface area contributed by atoms with Gasteiger partial charge in [-0.15, -0.1) is 11.3 Å². The largest absolute Gasteiger partial charge is 0.329 e. The van der Waals surface area contributed by atoms with Crippen molar-refractivity contribution in [1.82, 2.24) is 14.5 Å². The molecule has 144 valence electrons. The number of hydrogen-bond donors (Lipinski definition) is 1. The van der Waals surface area contributed by atoms with Gasteiger partial charge in [0.25, 0.3) is 5.56 Å². The summed E-state index contributed by atoms with van der Waals surface area (Å²) in [5.74, 6) is 0. The average Bonchev–Trinajstić information content (AvgIpc) is 2.96. The SMILES string of the molecule is CCN(CC)CCn1c(=O)[nH]c2sc(C)c(-c3ccc(Cl)c(Cl)c3)c2c1=O. The summed E-state index contributed by atoms with van der Waals surface area (Å²) in [6.45, 7) is 8.79. The van der Waals surface area contributed by atoms with Gasteiger partial charge in [-0.3, -0.25) is 14.3 Å². The minimum Gasteiger partial charge on any atom is -0.302 e. The average molecular weight is 426 g/mol. The zero-order chi connectivity index (χ0) is 19.7. The molecule has 27 heavy (non-hydrogen) atoms. The lowest BCUT2D eigenvalue weighted by molar-refractivity contribution is 0.287. The fourth-order valence-electron chi connectivity index (χ4n) is 3.21. The maximum absolute atomic E-state index is 13.2. The molecule has 3 aromatic rings. The molecule has 8 heteroatoms. The molecule has 0 aliphatic rings. The summed E-state index contributed by atoms with van der Waals surface area (Å²) in [5.41, 5.74) is 0.965. The fourth-order valence-corrected chi connectivity index (χ4v) is 4.57. The minimum atomic E-state index is -0.374. The number of hydrogen-bond acceptors (Lipinski definition) is 4. The molecule has 0 bridgehead atoms. The fraction of sp³-hybridized carbons (Fsp3) is 0.368. The minimum absolute atomic E-state index is 0.272. The van der Waals surface area contributed by atoms with Gasteiger partial charge in [0.05, 0.1) is 15.4 Å². The number of fused-ring (bicyclic) bond motifs is 1. The lowest BCUT2D eigenvalue weighted by Gasteiger charge is -2.18. The van der Waals surface area contributed by atoms with Crippen molar-refractivity contribution >= 4 is 44.8 Å². The molecule has 0 atom stereocenters. The summed E-state index contributed by atoms with van der Waals surface area (Å²) in [5, 5.41) is 1.41. The number of aryl methyl sites for hydroxylation is 1. The van der Waals surface area contributed by atoms with E-state index < -0.39 is 0 Å². The smallest absolute Gasteiger partial charge is 0.302 e. The van der Waals surface area contributed by atoms with Crippen LogP contribution in [0, 0.1) is 6.92 Å². The van der Waals surface area contributed by atoms with Crippen LogP contribution in [-0.2, 0) is 6.54 Å². The van der Waals surface area contributed by atoms with E-state index in [0.717, 1.165) is 29.1 Å². The van der Waals surface area contributed by atoms with Crippen molar-refractivity contribution in [2.24, 2.45) is 0 Å². The highest BCUT2D eigenvalue weighted by Gasteiger charge is 2.19. The Morgan fingerprint density at radius 3 is 2.48 bits per heavy atom. The first-order chi connectivity index (χ1) is 12.9. The molecule has 0 saturated heterocycles. The highest BCUT2D eigenvalue weighted by atomic mass is 35.5. The standard InChI is InChI=1S/C19H21Cl2N3O2S/c1-4-23(5-2)8-9-24-18(25)16-15(11(3)27-17(16)22-19(24)26)12-6-7-13(20)14(21)10-12/h6-7,10H,4-5,8-9H2,1-3H3,(H,22,26). The Hall–Kier alpha value is -1.60. The van der Waals surface area contributed by atoms with Gasteiger partial charge in [0.15, 0.2) is 0 Å². The Morgan fingerprint density at radius 2 is 1.85 bits per heavy atom. The monoisotopic (exact) mass is 425 g/mol. The van der Waals surface area contributed by atoms with Crippen molar-refractivity contribution in [3.05, 3.63) is 54.0 Å². The predicted molar refractivity (Wildman–Crippen MR) is 115 cm³/mol. The van der Waals surface area contributed by atoms with Crippen LogP contribution >= 0.6 is 34.5 Å². The van der Waals surface area contributed by atoms with Gasteiger partial charge in [0.2, 0.25) is 0 Å². The Labute approximate surface area is 171 Å². The molecule has 0 saturated carbocycles. The van der Waals surface area contributed by atoms with E-state index in [2.05, 4.69) is 23.7 Å². The van der Waals surface area contributed by atoms with Gasteiger partial charge in [-0.25, -0.2) is 4.79 Å². The molecule has 0 fully saturated rings. The number of aromatic nitrogens is 2. The second kappa shape index (κ2) is 8.19. The van der Waals surface area contributed by atoms with E-state index in [0.29, 0.717) is 33.4 Å². The van der Waals surface area contributed by atoms with Crippen LogP contribution < -0.4 is 11.2 Å². The molecule has 3 rings (SSSR count). The maximum Gasteiger partial charge on any atom is 0.329 e. The lowest BCUT2D eigenvalue weighted by Crippen LogP contribution is -2.39. The van der Waals surface area contributed by atoms with E-state index >= 15 is 0 Å². The molecule has 0 amide bonds. The molecule has 2 aromatic heterocycles. The summed E-state index contributed by atoms with van der Waals surface area (Å²) >= 11 is 13.6. The number of likely N-dealkylation sites (N-methyl/N-ethyl adjacent to an activating group) is 1. The number of rotatable bonds is 6. The number of nitrogens with zero attached hydrogens (tertiary/aromatic N) is 2. The molecule has 2 heterocycles. The molecule has 1 aromatic carbocycles. The Morgan fingerprint density at radius 1 is 1.15 bits per heavy atom. The van der Waals surface area contributed by atoms with Crippen molar-refractivity contribution in [3.8, 4) is 11.1 Å². The highest BCUT2D eigenvalue weighted by Crippen LogP contribution is 2.37. The Bertz CT molecular complexity index is 1100. The quantitative estimate of drug-likeness (QED) is 0.637. The van der Waals surface area contributed by atoms with Crippen molar-refractivity contribution in [1.29, 1.82) is 0 Å². The number of nitrogens with one attached hydrogen (secondary N) is 1. The van der Waals surface area contributed by atoms with Crippen LogP contribution in [0.3, 0.4) is 0 Å². The molecule has 0 spiro atoms. The van der Waals surface area contributed by atoms with Crippen LogP contribution in [0.4, 0.5) is 0 Å². The molecule has 5 nitrogen and oxygen atoms in total. The van der Waals surface area contributed by atoms with Gasteiger partial charge in [-0.1, -0.05) is 43.1 Å². The third kappa shape index (κ3) is 3.85. The molecule has 0 aliphatic heterocycles. The molecular formula is C19H21Cl2N3O2S. The number of H-pyrrole nitrogens is 1. The van der Waals surface area contributed by atoms with Gasteiger partial charge in [0, 0.05) is 23.5 Å². The van der Waals surface area contributed by atoms with Gasteiger partial charge in [0.1, 0.15) is 4.83 Å². The summed E-state index contributed by atoms with van der Waals surface area (Å²) < 4.78 is 1.29. The third-order valence-electron chi connectivity index (χ3n) is 4.75. The van der Waals surface area contributed by atoms with Crippen LogP contribution in [0.15, 0.2) is 27.8 Å². The van der Waals surface area contributed by atoms with Crippen LogP contribution in [0.5, 0.6) is 0 Å². The number of aromatic amines is 1. The van der Waals surface area contributed by atoms with Gasteiger partial charge >= 0.3 is 5.69 Å². The van der Waals surface area contributed by atoms with Gasteiger partial charge in [-0.2, -0.15) is 0 Å². The highest BCUT2D eigenvalue weighted by molar-refractivity contribution is 7.19. The van der Waals surface area contributed by atoms with E-state index in [1.165, 1.54) is 15.9 Å². The van der Waals surface area contributed by atoms with E-state index in [1.54, 1.807) is 12.1 Å². The molecule has 1 N–H and O–H groups in total. The van der Waals surface area contributed by atoms with Crippen LogP contribution in [-0.4, -0.2) is 34.1 Å². The van der Waals surface area contributed by atoms with Crippen LogP contribution in [0.2, 0.25) is 10.0 Å². The number of thiophene rings is 1. The first kappa shape index (κ1) is 20.1. The van der Waals surface area contributed by atoms with Gasteiger partial charge in [-0.05, 0) is 37.7 Å². The van der Waals surface area contributed by atoms with E-state index in [4.69, 9.17) is 23.2 Å². The topological polar surface area (TPSA) is 58.1 Å². The summed E-state index contributed by atoms with van der Waals surface area (Å²) in [4.78, 5) is 32.2. The predicted octanol–water partition coefficient (Wildman–Crippen LogP) is 4.38. The van der Waals surface area contributed by atoms with Crippen molar-refractivity contribution < 1.29 is 0 Å². The van der Waals surface area contributed by atoms with Crippen molar-refractivity contribution in [2.45, 2.75) is 27.3 Å². The summed E-state index contributed by atoms with van der Waals surface area (Å²) in [6.07, 6.45) is 0. The summed E-state index contributed by atoms with van der Waals surface area (Å²) in [7, 11) is 0. The molecule has 0 radical (unpaired) electrons. The maximum atomic E-state index is 13.2. The molecular weight excluding hydrogens is 405 g/mol. The first-order valence-electron chi connectivity index (χ1n) is 8.81. The summed E-state index contributed by atoms with van der Waals surface area (Å²) in [6, 6.07) is 5.31. The Balaban J connectivity index is 2.17. The van der Waals surface area contributed by atoms with E-state index in [1.807, 2.05) is 13.0 Å². The van der Waals surface area contributed by atoms with Crippen LogP contribution in [0.1, 0.15) is 18.7 Å². The van der Waals surface area contributed by atoms with Gasteiger partial charge < -0.3 is 4.90 Å². The lowest BCUT2D eigenvalue weighted by atomic mass is 10.0. The second-order valence-electron chi connectivity index (χ2n) is 6.28. The van der Waals surface area contributed by atoms with E-state index in [-0.39, 0.29) is 11.2 Å². The zero-order valence-electron chi connectivity index (χ0n) is 15.4. The van der Waals surface area contributed by atoms with Crippen LogP contribution in [0.25, 0.3) is 21.3 Å². The van der Waals surface area contributed by atoms with Crippen molar-refractivity contribution in [3.63, 3.8) is 0 Å². The van der Waals surface area contributed by atoms with E-state index in [9.17, 15) is 9.59 Å². The Kier molecular flexibility index (Phi) is 6.11. The molecule has 0 unspecified atom stereocenters. The first-order valence-corrected chi connectivity index (χ1v) is 10.4. The zero-order valence-corrected chi connectivity index (χ0v) is 17.8. The number of benzene rings is 1. The molecule has 0 aliphatic carbocycles. The number of halogens is 2. The second-order valence-corrected chi connectivity index (χ2v) is 8.32. The third-order valence-corrected chi connectivity index (χ3v) is 6.51. The normalized spacial score (nSPS) is 11.6. The van der Waals surface area contributed by atoms with Crippen molar-refractivity contribution in [2.75, 3.05) is 19.6 Å².